The molecule has 0 aliphatic rings. The second-order valence-corrected chi connectivity index (χ2v) is 3.79. The largest absolute Gasteiger partial charge is 0.481 e. The summed E-state index contributed by atoms with van der Waals surface area (Å²) in [6.07, 6.45) is 2.05. The SMILES string of the molecule is CN(CCCC(=O)O)C(=O)NCc1cccnn1. The second kappa shape index (κ2) is 7.21. The summed E-state index contributed by atoms with van der Waals surface area (Å²) in [6.45, 7) is 0.703. The van der Waals surface area contributed by atoms with Crippen LogP contribution in [-0.2, 0) is 11.3 Å². The lowest BCUT2D eigenvalue weighted by Gasteiger charge is -2.17. The van der Waals surface area contributed by atoms with E-state index in [2.05, 4.69) is 15.5 Å². The summed E-state index contributed by atoms with van der Waals surface area (Å²) in [4.78, 5) is 23.4. The molecule has 0 unspecified atom stereocenters. The van der Waals surface area contributed by atoms with Gasteiger partial charge in [-0.15, -0.1) is 0 Å². The molecule has 1 rings (SSSR count). The lowest BCUT2D eigenvalue weighted by Crippen LogP contribution is -2.37. The molecule has 1 aromatic heterocycles. The third kappa shape index (κ3) is 5.24. The van der Waals surface area contributed by atoms with Crippen LogP contribution in [-0.4, -0.2) is 45.8 Å². The molecule has 0 fully saturated rings. The van der Waals surface area contributed by atoms with E-state index in [9.17, 15) is 9.59 Å². The van der Waals surface area contributed by atoms with Crippen molar-refractivity contribution in [3.05, 3.63) is 24.0 Å². The number of nitrogens with one attached hydrogen (secondary N) is 1. The normalized spacial score (nSPS) is 9.83. The first-order valence-electron chi connectivity index (χ1n) is 5.57. The number of nitrogens with zero attached hydrogens (tertiary/aromatic N) is 3. The monoisotopic (exact) mass is 252 g/mol. The van der Waals surface area contributed by atoms with Gasteiger partial charge in [0.15, 0.2) is 0 Å². The molecule has 0 aliphatic heterocycles. The quantitative estimate of drug-likeness (QED) is 0.767. The van der Waals surface area contributed by atoms with E-state index in [0.29, 0.717) is 25.2 Å². The highest BCUT2D eigenvalue weighted by molar-refractivity contribution is 5.73. The summed E-state index contributed by atoms with van der Waals surface area (Å²) in [7, 11) is 1.62. The number of aliphatic carboxylic acids is 1. The summed E-state index contributed by atoms with van der Waals surface area (Å²) >= 11 is 0. The van der Waals surface area contributed by atoms with Crippen LogP contribution in [0.4, 0.5) is 4.79 Å². The van der Waals surface area contributed by atoms with Gasteiger partial charge in [-0.3, -0.25) is 4.79 Å². The Morgan fingerprint density at radius 2 is 2.28 bits per heavy atom. The lowest BCUT2D eigenvalue weighted by atomic mass is 10.3. The van der Waals surface area contributed by atoms with Crippen molar-refractivity contribution in [2.24, 2.45) is 0 Å². The van der Waals surface area contributed by atoms with Crippen molar-refractivity contribution < 1.29 is 14.7 Å². The molecule has 0 saturated heterocycles. The van der Waals surface area contributed by atoms with Crippen molar-refractivity contribution in [2.75, 3.05) is 13.6 Å². The maximum Gasteiger partial charge on any atom is 0.317 e. The number of hydrogen-bond acceptors (Lipinski definition) is 4. The zero-order chi connectivity index (χ0) is 13.4. The average molecular weight is 252 g/mol. The smallest absolute Gasteiger partial charge is 0.317 e. The number of hydrogen-bond donors (Lipinski definition) is 2. The third-order valence-corrected chi connectivity index (χ3v) is 2.28. The predicted molar refractivity (Wildman–Crippen MR) is 63.8 cm³/mol. The number of amides is 2. The van der Waals surface area contributed by atoms with Crippen LogP contribution in [0.15, 0.2) is 18.3 Å². The van der Waals surface area contributed by atoms with Crippen molar-refractivity contribution in [1.29, 1.82) is 0 Å². The minimum atomic E-state index is -0.858. The van der Waals surface area contributed by atoms with E-state index in [4.69, 9.17) is 5.11 Å². The molecule has 7 nitrogen and oxygen atoms in total. The molecule has 0 atom stereocenters. The Hall–Kier alpha value is -2.18. The Labute approximate surface area is 105 Å². The van der Waals surface area contributed by atoms with Crippen LogP contribution in [0.1, 0.15) is 18.5 Å². The molecule has 2 amide bonds. The highest BCUT2D eigenvalue weighted by Crippen LogP contribution is 1.95. The van der Waals surface area contributed by atoms with Gasteiger partial charge in [-0.25, -0.2) is 4.79 Å². The molecule has 0 saturated carbocycles. The van der Waals surface area contributed by atoms with Gasteiger partial charge < -0.3 is 15.3 Å². The molecule has 0 aromatic carbocycles. The third-order valence-electron chi connectivity index (χ3n) is 2.28. The van der Waals surface area contributed by atoms with Crippen LogP contribution in [0.25, 0.3) is 0 Å². The van der Waals surface area contributed by atoms with Crippen LogP contribution >= 0.6 is 0 Å². The molecule has 98 valence electrons. The van der Waals surface area contributed by atoms with E-state index in [1.165, 1.54) is 4.90 Å². The molecular formula is C11H16N4O3. The molecule has 1 heterocycles. The maximum absolute atomic E-state index is 11.6. The van der Waals surface area contributed by atoms with Gasteiger partial charge in [-0.2, -0.15) is 10.2 Å². The van der Waals surface area contributed by atoms with Gasteiger partial charge in [0.1, 0.15) is 0 Å². The first kappa shape index (κ1) is 13.9. The molecule has 0 bridgehead atoms. The zero-order valence-corrected chi connectivity index (χ0v) is 10.2. The number of aromatic nitrogens is 2. The number of carboxylic acid groups (broad SMARTS) is 1. The van der Waals surface area contributed by atoms with Crippen LogP contribution in [0.5, 0.6) is 0 Å². The standard InChI is InChI=1S/C11H16N4O3/c1-15(7-3-5-10(16)17)11(18)12-8-9-4-2-6-13-14-9/h2,4,6H,3,5,7-8H2,1H3,(H,12,18)(H,16,17). The number of urea groups is 1. The topological polar surface area (TPSA) is 95.4 Å². The van der Waals surface area contributed by atoms with Crippen LogP contribution in [0, 0.1) is 0 Å². The van der Waals surface area contributed by atoms with Crippen molar-refractivity contribution in [2.45, 2.75) is 19.4 Å². The Morgan fingerprint density at radius 3 is 2.89 bits per heavy atom. The summed E-state index contributed by atoms with van der Waals surface area (Å²) in [6, 6.07) is 3.24. The molecule has 0 aliphatic carbocycles. The van der Waals surface area contributed by atoms with Gasteiger partial charge in [-0.1, -0.05) is 0 Å². The Balaban J connectivity index is 2.25. The van der Waals surface area contributed by atoms with E-state index in [1.54, 1.807) is 25.4 Å². The van der Waals surface area contributed by atoms with Crippen LogP contribution in [0.3, 0.4) is 0 Å². The van der Waals surface area contributed by atoms with E-state index >= 15 is 0 Å². The van der Waals surface area contributed by atoms with E-state index < -0.39 is 5.97 Å². The molecule has 0 spiro atoms. The zero-order valence-electron chi connectivity index (χ0n) is 10.2. The first-order valence-corrected chi connectivity index (χ1v) is 5.57. The average Bonchev–Trinajstić information content (AvgIpc) is 2.36. The number of carbonyl (C=O) groups is 2. The van der Waals surface area contributed by atoms with Gasteiger partial charge in [0.2, 0.25) is 0 Å². The van der Waals surface area contributed by atoms with Crippen LogP contribution in [0.2, 0.25) is 0 Å². The Kier molecular flexibility index (Phi) is 5.56. The minimum absolute atomic E-state index is 0.0573. The first-order chi connectivity index (χ1) is 8.59. The van der Waals surface area contributed by atoms with Gasteiger partial charge in [0, 0.05) is 26.2 Å². The molecule has 1 aromatic rings. The van der Waals surface area contributed by atoms with Gasteiger partial charge >= 0.3 is 12.0 Å². The molecule has 0 radical (unpaired) electrons. The van der Waals surface area contributed by atoms with Crippen LogP contribution < -0.4 is 5.32 Å². The summed E-state index contributed by atoms with van der Waals surface area (Å²) < 4.78 is 0. The summed E-state index contributed by atoms with van der Waals surface area (Å²) in [5, 5.41) is 18.7. The van der Waals surface area contributed by atoms with E-state index in [1.807, 2.05) is 0 Å². The highest BCUT2D eigenvalue weighted by Gasteiger charge is 2.08. The van der Waals surface area contributed by atoms with E-state index in [0.717, 1.165) is 0 Å². The Morgan fingerprint density at radius 1 is 1.50 bits per heavy atom. The van der Waals surface area contributed by atoms with Crippen molar-refractivity contribution >= 4 is 12.0 Å². The summed E-state index contributed by atoms with van der Waals surface area (Å²) in [5.74, 6) is -0.858. The van der Waals surface area contributed by atoms with Crippen molar-refractivity contribution in [1.82, 2.24) is 20.4 Å². The molecule has 7 heteroatoms. The Bertz CT molecular complexity index is 397. The number of rotatable bonds is 6. The number of carboxylic acids is 1. The molecular weight excluding hydrogens is 236 g/mol. The maximum atomic E-state index is 11.6. The fraction of sp³-hybridized carbons (Fsp3) is 0.455. The molecule has 18 heavy (non-hydrogen) atoms. The van der Waals surface area contributed by atoms with Crippen molar-refractivity contribution in [3.8, 4) is 0 Å². The number of carbonyl (C=O) groups excluding carboxylic acids is 1. The lowest BCUT2D eigenvalue weighted by molar-refractivity contribution is -0.137. The highest BCUT2D eigenvalue weighted by atomic mass is 16.4. The minimum Gasteiger partial charge on any atom is -0.481 e. The van der Waals surface area contributed by atoms with Gasteiger partial charge in [-0.05, 0) is 18.6 Å². The second-order valence-electron chi connectivity index (χ2n) is 3.79. The van der Waals surface area contributed by atoms with Crippen molar-refractivity contribution in [3.63, 3.8) is 0 Å². The van der Waals surface area contributed by atoms with Gasteiger partial charge in [0.05, 0.1) is 12.2 Å². The predicted octanol–water partition coefficient (Wildman–Crippen LogP) is 0.483. The molecule has 2 N–H and O–H groups in total. The summed E-state index contributed by atoms with van der Waals surface area (Å²) in [5.41, 5.74) is 0.671. The fourth-order valence-corrected chi connectivity index (χ4v) is 1.30. The van der Waals surface area contributed by atoms with E-state index in [-0.39, 0.29) is 12.5 Å². The van der Waals surface area contributed by atoms with Gasteiger partial charge in [0.25, 0.3) is 0 Å². The fourth-order valence-electron chi connectivity index (χ4n) is 1.30.